The van der Waals surface area contributed by atoms with Gasteiger partial charge in [0.25, 0.3) is 5.56 Å². The van der Waals surface area contributed by atoms with Gasteiger partial charge in [0, 0.05) is 41.7 Å². The van der Waals surface area contributed by atoms with Crippen molar-refractivity contribution in [2.24, 2.45) is 0 Å². The first kappa shape index (κ1) is 18.2. The van der Waals surface area contributed by atoms with Crippen LogP contribution in [0.1, 0.15) is 16.8 Å². The zero-order chi connectivity index (χ0) is 19.0. The van der Waals surface area contributed by atoms with Gasteiger partial charge in [-0.2, -0.15) is 0 Å². The maximum Gasteiger partial charge on any atom is 0.255 e. The highest BCUT2D eigenvalue weighted by atomic mass is 35.5. The predicted octanol–water partition coefficient (Wildman–Crippen LogP) is 4.44. The van der Waals surface area contributed by atoms with Crippen LogP contribution in [-0.4, -0.2) is 21.4 Å². The lowest BCUT2D eigenvalue weighted by molar-refractivity contribution is 0.242. The number of rotatable bonds is 3. The van der Waals surface area contributed by atoms with E-state index in [-0.39, 0.29) is 11.4 Å². The molecule has 2 heterocycles. The minimum absolute atomic E-state index is 0.139. The van der Waals surface area contributed by atoms with Crippen LogP contribution >= 0.6 is 23.2 Å². The maximum absolute atomic E-state index is 13.2. The molecule has 138 valence electrons. The van der Waals surface area contributed by atoms with E-state index in [2.05, 4.69) is 14.9 Å². The van der Waals surface area contributed by atoms with E-state index in [1.165, 1.54) is 12.1 Å². The second-order valence-corrected chi connectivity index (χ2v) is 7.39. The molecule has 3 aromatic rings. The minimum atomic E-state index is -0.358. The normalized spacial score (nSPS) is 14.2. The SMILES string of the molecule is O=c1[nH]c(-c2ccc(Cl)cc2)nc2c1CN(Cc1ccc(F)cc1Cl)CC2. The second-order valence-electron chi connectivity index (χ2n) is 6.54. The van der Waals surface area contributed by atoms with Crippen LogP contribution in [0.25, 0.3) is 11.4 Å². The van der Waals surface area contributed by atoms with Gasteiger partial charge in [-0.05, 0) is 42.0 Å². The lowest BCUT2D eigenvalue weighted by Gasteiger charge is -2.28. The first-order valence-corrected chi connectivity index (χ1v) is 9.29. The van der Waals surface area contributed by atoms with E-state index < -0.39 is 0 Å². The van der Waals surface area contributed by atoms with E-state index >= 15 is 0 Å². The molecule has 0 saturated carbocycles. The van der Waals surface area contributed by atoms with Gasteiger partial charge in [0.1, 0.15) is 11.6 Å². The average Bonchev–Trinajstić information content (AvgIpc) is 2.65. The number of aromatic nitrogens is 2. The smallest absolute Gasteiger partial charge is 0.255 e. The summed E-state index contributed by atoms with van der Waals surface area (Å²) in [5.74, 6) is 0.188. The molecule has 2 aromatic carbocycles. The van der Waals surface area contributed by atoms with E-state index in [0.29, 0.717) is 40.9 Å². The quantitative estimate of drug-likeness (QED) is 0.702. The molecule has 0 bridgehead atoms. The molecule has 0 saturated heterocycles. The molecule has 0 fully saturated rings. The molecule has 0 amide bonds. The van der Waals surface area contributed by atoms with Gasteiger partial charge < -0.3 is 4.98 Å². The minimum Gasteiger partial charge on any atom is -0.306 e. The summed E-state index contributed by atoms with van der Waals surface area (Å²) in [4.78, 5) is 22.2. The molecule has 0 spiro atoms. The first-order valence-electron chi connectivity index (χ1n) is 8.54. The molecule has 0 atom stereocenters. The Morgan fingerprint density at radius 1 is 1.15 bits per heavy atom. The summed E-state index contributed by atoms with van der Waals surface area (Å²) in [5.41, 5.74) is 2.99. The Kier molecular flexibility index (Phi) is 5.00. The Balaban J connectivity index is 1.58. The van der Waals surface area contributed by atoms with Crippen molar-refractivity contribution in [3.8, 4) is 11.4 Å². The van der Waals surface area contributed by atoms with Gasteiger partial charge in [0.2, 0.25) is 0 Å². The third-order valence-electron chi connectivity index (χ3n) is 4.67. The lowest BCUT2D eigenvalue weighted by atomic mass is 10.1. The highest BCUT2D eigenvalue weighted by molar-refractivity contribution is 6.31. The van der Waals surface area contributed by atoms with Gasteiger partial charge in [-0.1, -0.05) is 29.3 Å². The Bertz CT molecular complexity index is 1050. The Morgan fingerprint density at radius 2 is 1.93 bits per heavy atom. The number of nitrogens with one attached hydrogen (secondary N) is 1. The molecule has 7 heteroatoms. The number of nitrogens with zero attached hydrogens (tertiary/aromatic N) is 2. The summed E-state index contributed by atoms with van der Waals surface area (Å²) in [6.45, 7) is 1.78. The summed E-state index contributed by atoms with van der Waals surface area (Å²) in [7, 11) is 0. The van der Waals surface area contributed by atoms with Gasteiger partial charge in [-0.15, -0.1) is 0 Å². The van der Waals surface area contributed by atoms with Crippen molar-refractivity contribution in [3.63, 3.8) is 0 Å². The molecular weight excluding hydrogens is 388 g/mol. The number of benzene rings is 2. The van der Waals surface area contributed by atoms with E-state index in [4.69, 9.17) is 23.2 Å². The van der Waals surface area contributed by atoms with E-state index in [1.807, 2.05) is 12.1 Å². The van der Waals surface area contributed by atoms with Crippen molar-refractivity contribution in [2.45, 2.75) is 19.5 Å². The summed E-state index contributed by atoms with van der Waals surface area (Å²) in [6, 6.07) is 11.6. The molecule has 1 aromatic heterocycles. The highest BCUT2D eigenvalue weighted by Gasteiger charge is 2.22. The summed E-state index contributed by atoms with van der Waals surface area (Å²) in [6.07, 6.45) is 0.665. The number of hydrogen-bond donors (Lipinski definition) is 1. The standard InChI is InChI=1S/C20H16Cl2FN3O/c21-14-4-1-12(2-5-14)19-24-18-7-8-26(11-16(18)20(27)25-19)10-13-3-6-15(23)9-17(13)22/h1-6,9H,7-8,10-11H2,(H,24,25,27). The summed E-state index contributed by atoms with van der Waals surface area (Å²) < 4.78 is 13.2. The van der Waals surface area contributed by atoms with Crippen molar-refractivity contribution in [2.75, 3.05) is 6.54 Å². The number of hydrogen-bond acceptors (Lipinski definition) is 3. The number of halogens is 3. The topological polar surface area (TPSA) is 49.0 Å². The fourth-order valence-electron chi connectivity index (χ4n) is 3.25. The Labute approximate surface area is 165 Å². The largest absolute Gasteiger partial charge is 0.306 e. The van der Waals surface area contributed by atoms with Gasteiger partial charge in [-0.3, -0.25) is 9.69 Å². The molecule has 4 nitrogen and oxygen atoms in total. The van der Waals surface area contributed by atoms with Crippen LogP contribution in [0, 0.1) is 5.82 Å². The molecule has 4 rings (SSSR count). The number of aromatic amines is 1. The third-order valence-corrected chi connectivity index (χ3v) is 5.28. The van der Waals surface area contributed by atoms with Crippen LogP contribution in [-0.2, 0) is 19.5 Å². The molecule has 1 aliphatic rings. The molecule has 1 aliphatic heterocycles. The Morgan fingerprint density at radius 3 is 2.67 bits per heavy atom. The van der Waals surface area contributed by atoms with Crippen LogP contribution in [0.5, 0.6) is 0 Å². The van der Waals surface area contributed by atoms with E-state index in [9.17, 15) is 9.18 Å². The molecule has 27 heavy (non-hydrogen) atoms. The molecule has 0 unspecified atom stereocenters. The fourth-order valence-corrected chi connectivity index (χ4v) is 3.60. The van der Waals surface area contributed by atoms with E-state index in [0.717, 1.165) is 23.4 Å². The van der Waals surface area contributed by atoms with Gasteiger partial charge in [0.05, 0.1) is 11.3 Å². The van der Waals surface area contributed by atoms with E-state index in [1.54, 1.807) is 18.2 Å². The average molecular weight is 404 g/mol. The zero-order valence-corrected chi connectivity index (χ0v) is 15.8. The fraction of sp³-hybridized carbons (Fsp3) is 0.200. The lowest BCUT2D eigenvalue weighted by Crippen LogP contribution is -2.35. The van der Waals surface area contributed by atoms with Gasteiger partial charge in [-0.25, -0.2) is 9.37 Å². The van der Waals surface area contributed by atoms with Crippen LogP contribution in [0.15, 0.2) is 47.3 Å². The first-order chi connectivity index (χ1) is 13.0. The maximum atomic E-state index is 13.2. The van der Waals surface area contributed by atoms with Crippen molar-refractivity contribution >= 4 is 23.2 Å². The summed E-state index contributed by atoms with van der Waals surface area (Å²) >= 11 is 12.0. The number of fused-ring (bicyclic) bond motifs is 1. The highest BCUT2D eigenvalue weighted by Crippen LogP contribution is 2.23. The van der Waals surface area contributed by atoms with Crippen LogP contribution in [0.4, 0.5) is 4.39 Å². The molecule has 0 radical (unpaired) electrons. The second kappa shape index (κ2) is 7.43. The Hall–Kier alpha value is -2.21. The monoisotopic (exact) mass is 403 g/mol. The van der Waals surface area contributed by atoms with Crippen molar-refractivity contribution in [1.82, 2.24) is 14.9 Å². The van der Waals surface area contributed by atoms with Crippen LogP contribution in [0.2, 0.25) is 10.0 Å². The van der Waals surface area contributed by atoms with Gasteiger partial charge >= 0.3 is 0 Å². The van der Waals surface area contributed by atoms with Gasteiger partial charge in [0.15, 0.2) is 0 Å². The zero-order valence-electron chi connectivity index (χ0n) is 14.3. The van der Waals surface area contributed by atoms with Crippen LogP contribution < -0.4 is 5.56 Å². The van der Waals surface area contributed by atoms with Crippen molar-refractivity contribution in [3.05, 3.63) is 85.5 Å². The molecular formula is C20H16Cl2FN3O. The third kappa shape index (κ3) is 3.90. The van der Waals surface area contributed by atoms with Crippen molar-refractivity contribution in [1.29, 1.82) is 0 Å². The molecule has 1 N–H and O–H groups in total. The van der Waals surface area contributed by atoms with Crippen LogP contribution in [0.3, 0.4) is 0 Å². The summed E-state index contributed by atoms with van der Waals surface area (Å²) in [5, 5.41) is 1.03. The number of H-pyrrole nitrogens is 1. The van der Waals surface area contributed by atoms with Crippen molar-refractivity contribution < 1.29 is 4.39 Å². The molecule has 0 aliphatic carbocycles. The predicted molar refractivity (Wildman–Crippen MR) is 105 cm³/mol.